The van der Waals surface area contributed by atoms with E-state index in [9.17, 15) is 5.11 Å². The highest BCUT2D eigenvalue weighted by Gasteiger charge is 2.33. The molecule has 218 valence electrons. The molecule has 1 aliphatic carbocycles. The van der Waals surface area contributed by atoms with Crippen molar-refractivity contribution in [1.82, 2.24) is 30.0 Å². The third-order valence-corrected chi connectivity index (χ3v) is 8.65. The van der Waals surface area contributed by atoms with Crippen LogP contribution in [0.1, 0.15) is 50.0 Å². The van der Waals surface area contributed by atoms with Crippen LogP contribution in [0, 0.1) is 11.8 Å². The molecule has 0 spiro atoms. The van der Waals surface area contributed by atoms with Crippen molar-refractivity contribution in [1.29, 1.82) is 0 Å². The van der Waals surface area contributed by atoms with Gasteiger partial charge >= 0.3 is 0 Å². The molecule has 3 aromatic heterocycles. The summed E-state index contributed by atoms with van der Waals surface area (Å²) in [6.07, 6.45) is 5.10. The molecule has 0 amide bonds. The van der Waals surface area contributed by atoms with Gasteiger partial charge in [-0.15, -0.1) is 0 Å². The smallest absolute Gasteiger partial charge is 0.280 e. The van der Waals surface area contributed by atoms with Crippen LogP contribution in [0.15, 0.2) is 53.7 Å². The lowest BCUT2D eigenvalue weighted by Crippen LogP contribution is -2.41. The predicted molar refractivity (Wildman–Crippen MR) is 159 cm³/mol. The number of hydrogen-bond acceptors (Lipinski definition) is 10. The normalized spacial score (nSPS) is 24.5. The van der Waals surface area contributed by atoms with Crippen LogP contribution in [0.5, 0.6) is 0 Å². The molecule has 5 heterocycles. The third kappa shape index (κ3) is 5.33. The predicted octanol–water partition coefficient (Wildman–Crippen LogP) is 4.50. The number of nitrogens with one attached hydrogen (secondary N) is 1. The molecular formula is C30H33ClN8O3. The van der Waals surface area contributed by atoms with Crippen molar-refractivity contribution in [2.75, 3.05) is 24.7 Å². The Kier molecular flexibility index (Phi) is 7.49. The van der Waals surface area contributed by atoms with E-state index in [1.165, 1.54) is 18.4 Å². The van der Waals surface area contributed by atoms with Crippen molar-refractivity contribution in [3.05, 3.63) is 65.2 Å². The van der Waals surface area contributed by atoms with Gasteiger partial charge in [-0.3, -0.25) is 0 Å². The Bertz CT molecular complexity index is 1610. The van der Waals surface area contributed by atoms with Crippen LogP contribution in [0.25, 0.3) is 22.4 Å². The fourth-order valence-electron chi connectivity index (χ4n) is 6.21. The maximum absolute atomic E-state index is 9.86. The molecule has 4 aromatic rings. The number of benzene rings is 1. The molecule has 1 saturated carbocycles. The zero-order valence-corrected chi connectivity index (χ0v) is 24.1. The summed E-state index contributed by atoms with van der Waals surface area (Å²) in [5.74, 6) is 2.60. The van der Waals surface area contributed by atoms with E-state index >= 15 is 0 Å². The van der Waals surface area contributed by atoms with E-state index in [1.54, 1.807) is 12.3 Å². The molecular weight excluding hydrogens is 556 g/mol. The molecule has 2 aliphatic heterocycles. The van der Waals surface area contributed by atoms with Gasteiger partial charge in [-0.25, -0.2) is 30.3 Å². The summed E-state index contributed by atoms with van der Waals surface area (Å²) >= 11 is 6.37. The number of hydrogen-bond donors (Lipinski definition) is 2. The molecule has 12 heteroatoms. The summed E-state index contributed by atoms with van der Waals surface area (Å²) in [6, 6.07) is 14.1. The zero-order chi connectivity index (χ0) is 28.6. The maximum Gasteiger partial charge on any atom is 0.280 e. The van der Waals surface area contributed by atoms with Crippen LogP contribution in [0.3, 0.4) is 0 Å². The average Bonchev–Trinajstić information content (AvgIpc) is 3.62. The molecule has 7 rings (SSSR count). The fourth-order valence-corrected chi connectivity index (χ4v) is 6.39. The lowest BCUT2D eigenvalue weighted by molar-refractivity contribution is -0.102. The van der Waals surface area contributed by atoms with E-state index < -0.39 is 6.41 Å². The number of morpholine rings is 1. The molecule has 2 atom stereocenters. The standard InChI is InChI=1S/C30H33ClN8O3/c1-18-7-9-19(10-8-18)16-39-25-24(21-11-12-32-23(31)15-21)33-27(28-36-30(40)42-37-28)34-26(25)35-29(39)38-13-14-41-17-22(38)20-5-3-2-4-6-20/h2-6,11-12,15,18-19,22,30,40H,7-10,13-14,16-17H2,1H3,(H,36,37). The van der Waals surface area contributed by atoms with Crippen molar-refractivity contribution >= 4 is 34.5 Å². The quantitative estimate of drug-likeness (QED) is 0.313. The van der Waals surface area contributed by atoms with E-state index in [-0.39, 0.29) is 17.7 Å². The number of nitrogens with zero attached hydrogens (tertiary/aromatic N) is 7. The van der Waals surface area contributed by atoms with Crippen LogP contribution in [0.4, 0.5) is 5.95 Å². The van der Waals surface area contributed by atoms with Crippen molar-refractivity contribution in [2.45, 2.75) is 51.6 Å². The number of aliphatic hydroxyl groups is 1. The Morgan fingerprint density at radius 2 is 1.90 bits per heavy atom. The van der Waals surface area contributed by atoms with Gasteiger partial charge in [0, 0.05) is 24.8 Å². The largest absolute Gasteiger partial charge is 0.377 e. The van der Waals surface area contributed by atoms with Gasteiger partial charge in [-0.1, -0.05) is 61.7 Å². The number of aliphatic hydroxyl groups excluding tert-OH is 1. The van der Waals surface area contributed by atoms with Gasteiger partial charge in [-0.05, 0) is 42.4 Å². The van der Waals surface area contributed by atoms with Gasteiger partial charge in [0.15, 0.2) is 17.3 Å². The van der Waals surface area contributed by atoms with Crippen LogP contribution >= 0.6 is 11.6 Å². The number of ether oxygens (including phenoxy) is 1. The van der Waals surface area contributed by atoms with Crippen LogP contribution in [-0.2, 0) is 16.1 Å². The molecule has 42 heavy (non-hydrogen) atoms. The highest BCUT2D eigenvalue weighted by molar-refractivity contribution is 6.29. The number of amidine groups is 1. The van der Waals surface area contributed by atoms with Gasteiger partial charge in [0.05, 0.1) is 19.3 Å². The molecule has 3 aliphatic rings. The molecule has 0 radical (unpaired) electrons. The van der Waals surface area contributed by atoms with Crippen LogP contribution in [-0.4, -0.2) is 61.6 Å². The van der Waals surface area contributed by atoms with Crippen molar-refractivity contribution in [2.24, 2.45) is 16.8 Å². The fraction of sp³-hybridized carbons (Fsp3) is 0.433. The van der Waals surface area contributed by atoms with Gasteiger partial charge in [-0.2, -0.15) is 4.98 Å². The number of pyridine rings is 1. The van der Waals surface area contributed by atoms with E-state index in [0.717, 1.165) is 42.3 Å². The van der Waals surface area contributed by atoms with Gasteiger partial charge < -0.3 is 19.3 Å². The lowest BCUT2D eigenvalue weighted by atomic mass is 9.83. The first-order chi connectivity index (χ1) is 20.5. The summed E-state index contributed by atoms with van der Waals surface area (Å²) < 4.78 is 8.28. The minimum absolute atomic E-state index is 0.00226. The van der Waals surface area contributed by atoms with Crippen molar-refractivity contribution in [3.8, 4) is 11.3 Å². The van der Waals surface area contributed by atoms with Gasteiger partial charge in [0.25, 0.3) is 6.41 Å². The van der Waals surface area contributed by atoms with E-state index in [0.29, 0.717) is 42.2 Å². The number of aromatic nitrogens is 5. The Morgan fingerprint density at radius 1 is 1.07 bits per heavy atom. The Hall–Kier alpha value is -3.64. The van der Waals surface area contributed by atoms with Gasteiger partial charge in [0.1, 0.15) is 16.4 Å². The van der Waals surface area contributed by atoms with Crippen LogP contribution in [0.2, 0.25) is 5.15 Å². The Morgan fingerprint density at radius 3 is 2.67 bits per heavy atom. The second-order valence-corrected chi connectivity index (χ2v) is 11.7. The molecule has 11 nitrogen and oxygen atoms in total. The minimum Gasteiger partial charge on any atom is -0.377 e. The summed E-state index contributed by atoms with van der Waals surface area (Å²) in [5.41, 5.74) is 6.62. The molecule has 2 fully saturated rings. The number of hydroxylamine groups is 1. The third-order valence-electron chi connectivity index (χ3n) is 8.44. The Labute approximate surface area is 248 Å². The van der Waals surface area contributed by atoms with E-state index in [4.69, 9.17) is 36.1 Å². The topological polar surface area (TPSA) is 123 Å². The van der Waals surface area contributed by atoms with Crippen molar-refractivity contribution < 1.29 is 14.7 Å². The van der Waals surface area contributed by atoms with E-state index in [2.05, 4.69) is 56.1 Å². The minimum atomic E-state index is -1.33. The van der Waals surface area contributed by atoms with Gasteiger partial charge in [0.2, 0.25) is 5.95 Å². The SMILES string of the molecule is CC1CCC(Cn2c(N3CCOCC3c3ccccc3)nc3nc(C4=NC(O)ON4)nc(-c4ccnc(Cl)c4)c32)CC1. The Balaban J connectivity index is 1.43. The first-order valence-electron chi connectivity index (χ1n) is 14.5. The monoisotopic (exact) mass is 588 g/mol. The molecule has 2 N–H and O–H groups in total. The van der Waals surface area contributed by atoms with E-state index in [1.807, 2.05) is 12.1 Å². The first kappa shape index (κ1) is 27.2. The number of halogens is 1. The average molecular weight is 589 g/mol. The summed E-state index contributed by atoms with van der Waals surface area (Å²) in [6.45, 7) is 5.00. The second kappa shape index (κ2) is 11.6. The van der Waals surface area contributed by atoms with Crippen molar-refractivity contribution in [3.63, 3.8) is 0 Å². The zero-order valence-electron chi connectivity index (χ0n) is 23.4. The highest BCUT2D eigenvalue weighted by Crippen LogP contribution is 2.38. The number of anilines is 1. The molecule has 1 aromatic carbocycles. The summed E-state index contributed by atoms with van der Waals surface area (Å²) in [4.78, 5) is 30.7. The van der Waals surface area contributed by atoms with Crippen LogP contribution < -0.4 is 10.4 Å². The number of fused-ring (bicyclic) bond motifs is 1. The molecule has 0 bridgehead atoms. The first-order valence-corrected chi connectivity index (χ1v) is 14.9. The second-order valence-electron chi connectivity index (χ2n) is 11.3. The maximum atomic E-state index is 9.86. The summed E-state index contributed by atoms with van der Waals surface area (Å²) in [5, 5.41) is 10.2. The summed E-state index contributed by atoms with van der Waals surface area (Å²) in [7, 11) is 0. The molecule has 2 unspecified atom stereocenters. The number of aliphatic imine (C=N–C) groups is 1. The lowest BCUT2D eigenvalue weighted by Gasteiger charge is -2.37. The number of rotatable bonds is 6. The molecule has 1 saturated heterocycles. The highest BCUT2D eigenvalue weighted by atomic mass is 35.5. The number of imidazole rings is 1.